The van der Waals surface area contributed by atoms with Gasteiger partial charge in [0.15, 0.2) is 11.5 Å². The van der Waals surface area contributed by atoms with E-state index in [0.29, 0.717) is 0 Å². The van der Waals surface area contributed by atoms with Crippen LogP contribution in [-0.4, -0.2) is 28.6 Å². The second kappa shape index (κ2) is 20.4. The van der Waals surface area contributed by atoms with Crippen LogP contribution in [0.5, 0.6) is 11.5 Å². The van der Waals surface area contributed by atoms with Crippen molar-refractivity contribution in [2.75, 3.05) is 14.2 Å². The molecule has 0 radical (unpaired) electrons. The van der Waals surface area contributed by atoms with E-state index in [2.05, 4.69) is 113 Å². The summed E-state index contributed by atoms with van der Waals surface area (Å²) in [7, 11) is 0.802. The Bertz CT molecular complexity index is 1210. The molecular formula is C42H62O3Si. The van der Waals surface area contributed by atoms with Crippen molar-refractivity contribution < 1.29 is 13.9 Å². The molecule has 1 unspecified atom stereocenters. The number of ether oxygens (including phenoxy) is 2. The third-order valence-electron chi connectivity index (χ3n) is 9.24. The molecule has 46 heavy (non-hydrogen) atoms. The van der Waals surface area contributed by atoms with Crippen molar-refractivity contribution in [3.63, 3.8) is 0 Å². The van der Waals surface area contributed by atoms with E-state index in [1.165, 1.54) is 73.7 Å². The van der Waals surface area contributed by atoms with E-state index >= 15 is 0 Å². The second-order valence-electron chi connectivity index (χ2n) is 13.8. The summed E-state index contributed by atoms with van der Waals surface area (Å²) >= 11 is 0. The smallest absolute Gasteiger partial charge is 0.261 e. The van der Waals surface area contributed by atoms with Gasteiger partial charge in [-0.15, -0.1) is 0 Å². The highest BCUT2D eigenvalue weighted by Gasteiger charge is 2.51. The van der Waals surface area contributed by atoms with Crippen molar-refractivity contribution in [1.82, 2.24) is 0 Å². The van der Waals surface area contributed by atoms with Crippen molar-refractivity contribution >= 4 is 18.7 Å². The van der Waals surface area contributed by atoms with E-state index in [4.69, 9.17) is 13.9 Å². The zero-order valence-corrected chi connectivity index (χ0v) is 30.9. The molecule has 0 amide bonds. The molecule has 0 heterocycles. The molecule has 0 spiro atoms. The Morgan fingerprint density at radius 3 is 1.74 bits per heavy atom. The molecule has 0 N–H and O–H groups in total. The van der Waals surface area contributed by atoms with Crippen molar-refractivity contribution in [3.8, 4) is 11.5 Å². The quantitative estimate of drug-likeness (QED) is 0.0620. The summed E-state index contributed by atoms with van der Waals surface area (Å²) < 4.78 is 18.7. The average molecular weight is 643 g/mol. The van der Waals surface area contributed by atoms with Crippen molar-refractivity contribution in [2.45, 2.75) is 129 Å². The van der Waals surface area contributed by atoms with E-state index < -0.39 is 8.32 Å². The summed E-state index contributed by atoms with van der Waals surface area (Å²) in [6.45, 7) is 9.44. The Morgan fingerprint density at radius 1 is 0.630 bits per heavy atom. The lowest BCUT2D eigenvalue weighted by Gasteiger charge is -2.45. The number of rotatable bonds is 22. The highest BCUT2D eigenvalue weighted by molar-refractivity contribution is 6.99. The van der Waals surface area contributed by atoms with Gasteiger partial charge in [0.2, 0.25) is 0 Å². The molecule has 0 bridgehead atoms. The molecule has 0 aliphatic heterocycles. The number of methoxy groups -OCH3 is 2. The van der Waals surface area contributed by atoms with E-state index in [0.717, 1.165) is 43.6 Å². The molecule has 4 heteroatoms. The fraction of sp³-hybridized carbons (Fsp3) is 0.524. The van der Waals surface area contributed by atoms with Crippen LogP contribution in [0.4, 0.5) is 0 Å². The van der Waals surface area contributed by atoms with Crippen molar-refractivity contribution in [3.05, 3.63) is 96.6 Å². The third-order valence-corrected chi connectivity index (χ3v) is 14.3. The molecule has 3 aromatic rings. The Morgan fingerprint density at radius 2 is 1.17 bits per heavy atom. The van der Waals surface area contributed by atoms with Gasteiger partial charge in [0.25, 0.3) is 8.32 Å². The first kappa shape index (κ1) is 37.6. The standard InChI is InChI=1S/C42H62O3Si/c1-7-8-9-10-11-12-13-14-15-16-19-27-37(28-25-24-26-36-33-34-40(43-5)41(35-36)44-6)45-46(42(2,3)4,38-29-20-17-21-30-38)39-31-22-18-23-32-39/h10-11,17-18,20-23,29-35,37H,7-9,12-16,19,24-28H2,1-6H3/b11-10-. The fourth-order valence-electron chi connectivity index (χ4n) is 6.66. The molecule has 1 atom stereocenters. The van der Waals surface area contributed by atoms with Gasteiger partial charge in [-0.25, -0.2) is 0 Å². The molecule has 0 saturated heterocycles. The molecule has 3 rings (SSSR count). The SMILES string of the molecule is CCCC/C=C\CCCCCCCC(CCCCc1ccc(OC)c(OC)c1)O[Si](c1ccccc1)(c1ccccc1)C(C)(C)C. The maximum atomic E-state index is 7.68. The van der Waals surface area contributed by atoms with Gasteiger partial charge in [-0.05, 0) is 78.1 Å². The van der Waals surface area contributed by atoms with Gasteiger partial charge < -0.3 is 13.9 Å². The van der Waals surface area contributed by atoms with E-state index in [-0.39, 0.29) is 11.1 Å². The number of aryl methyl sites for hydroxylation is 1. The summed E-state index contributed by atoms with van der Waals surface area (Å²) in [4.78, 5) is 0. The molecule has 3 nitrogen and oxygen atoms in total. The van der Waals surface area contributed by atoms with Crippen LogP contribution >= 0.6 is 0 Å². The first-order chi connectivity index (χ1) is 22.4. The molecule has 0 aromatic heterocycles. The highest BCUT2D eigenvalue weighted by Crippen LogP contribution is 2.39. The molecule has 0 aliphatic rings. The first-order valence-electron chi connectivity index (χ1n) is 18.0. The lowest BCUT2D eigenvalue weighted by atomic mass is 10.0. The van der Waals surface area contributed by atoms with Crippen LogP contribution in [0.3, 0.4) is 0 Å². The topological polar surface area (TPSA) is 27.7 Å². The minimum absolute atomic E-state index is 0.0156. The largest absolute Gasteiger partial charge is 0.493 e. The minimum Gasteiger partial charge on any atom is -0.493 e. The number of hydrogen-bond donors (Lipinski definition) is 0. The second-order valence-corrected chi connectivity index (χ2v) is 18.0. The fourth-order valence-corrected chi connectivity index (χ4v) is 11.4. The summed E-state index contributed by atoms with van der Waals surface area (Å²) in [6, 6.07) is 28.6. The molecule has 0 fully saturated rings. The first-order valence-corrected chi connectivity index (χ1v) is 19.9. The molecular weight excluding hydrogens is 581 g/mol. The van der Waals surface area contributed by atoms with E-state index in [9.17, 15) is 0 Å². The number of benzene rings is 3. The molecule has 0 saturated carbocycles. The zero-order valence-electron chi connectivity index (χ0n) is 29.9. The van der Waals surface area contributed by atoms with Crippen LogP contribution in [0.15, 0.2) is 91.0 Å². The Hall–Kier alpha value is -2.82. The zero-order chi connectivity index (χ0) is 33.1. The molecule has 252 valence electrons. The van der Waals surface area contributed by atoms with Gasteiger partial charge in [-0.1, -0.05) is 152 Å². The van der Waals surface area contributed by atoms with Gasteiger partial charge in [-0.2, -0.15) is 0 Å². The van der Waals surface area contributed by atoms with Crippen LogP contribution in [0.2, 0.25) is 5.04 Å². The number of hydrogen-bond acceptors (Lipinski definition) is 3. The van der Waals surface area contributed by atoms with E-state index in [1.807, 2.05) is 6.07 Å². The number of allylic oxidation sites excluding steroid dienone is 2. The van der Waals surface area contributed by atoms with Crippen LogP contribution < -0.4 is 19.8 Å². The van der Waals surface area contributed by atoms with Gasteiger partial charge >= 0.3 is 0 Å². The van der Waals surface area contributed by atoms with Crippen LogP contribution in [-0.2, 0) is 10.8 Å². The van der Waals surface area contributed by atoms with Gasteiger partial charge in [0, 0.05) is 6.10 Å². The van der Waals surface area contributed by atoms with Crippen molar-refractivity contribution in [2.24, 2.45) is 0 Å². The van der Waals surface area contributed by atoms with Gasteiger partial charge in [0.1, 0.15) is 0 Å². The predicted molar refractivity (Wildman–Crippen MR) is 201 cm³/mol. The summed E-state index contributed by atoms with van der Waals surface area (Å²) in [6.07, 6.45) is 22.0. The summed E-state index contributed by atoms with van der Waals surface area (Å²) in [5, 5.41) is 2.73. The Kier molecular flexibility index (Phi) is 16.7. The van der Waals surface area contributed by atoms with Crippen LogP contribution in [0.1, 0.15) is 117 Å². The van der Waals surface area contributed by atoms with E-state index in [1.54, 1.807) is 14.2 Å². The molecule has 3 aromatic carbocycles. The lowest BCUT2D eigenvalue weighted by Crippen LogP contribution is -2.67. The average Bonchev–Trinajstić information content (AvgIpc) is 3.07. The van der Waals surface area contributed by atoms with Crippen LogP contribution in [0.25, 0.3) is 0 Å². The lowest BCUT2D eigenvalue weighted by molar-refractivity contribution is 0.160. The summed E-state index contributed by atoms with van der Waals surface area (Å²) in [5.41, 5.74) is 1.29. The minimum atomic E-state index is -2.60. The van der Waals surface area contributed by atoms with Gasteiger partial charge in [0.05, 0.1) is 14.2 Å². The van der Waals surface area contributed by atoms with Crippen molar-refractivity contribution in [1.29, 1.82) is 0 Å². The Balaban J connectivity index is 1.72. The highest BCUT2D eigenvalue weighted by atomic mass is 28.4. The normalized spacial score (nSPS) is 12.8. The maximum Gasteiger partial charge on any atom is 0.261 e. The maximum absolute atomic E-state index is 7.68. The number of unbranched alkanes of at least 4 members (excludes halogenated alkanes) is 8. The molecule has 0 aliphatic carbocycles. The van der Waals surface area contributed by atoms with Crippen LogP contribution in [0, 0.1) is 0 Å². The predicted octanol–water partition coefficient (Wildman–Crippen LogP) is 10.8. The van der Waals surface area contributed by atoms with Gasteiger partial charge in [-0.3, -0.25) is 0 Å². The Labute approximate surface area is 282 Å². The summed E-state index contributed by atoms with van der Waals surface area (Å²) in [5.74, 6) is 1.59. The third kappa shape index (κ3) is 11.5. The monoisotopic (exact) mass is 642 g/mol.